The standard InChI is InChI=1S/C18H20N2O2/c1-2-17(15-9-11-16(21)12-10-15)19-20-18(22)13-8-14-6-4-3-5-7-14/h3-7,9-12,21H,2,8,13H2,1H3,(H,20,22)/b19-17-. The Morgan fingerprint density at radius 2 is 1.77 bits per heavy atom. The fourth-order valence-electron chi connectivity index (χ4n) is 2.09. The maximum absolute atomic E-state index is 11.9. The highest BCUT2D eigenvalue weighted by Gasteiger charge is 2.04. The maximum Gasteiger partial charge on any atom is 0.240 e. The van der Waals surface area contributed by atoms with E-state index in [9.17, 15) is 9.90 Å². The third-order valence-corrected chi connectivity index (χ3v) is 3.33. The molecule has 0 saturated heterocycles. The molecule has 0 aromatic heterocycles. The monoisotopic (exact) mass is 296 g/mol. The highest BCUT2D eigenvalue weighted by Crippen LogP contribution is 2.11. The van der Waals surface area contributed by atoms with Crippen molar-refractivity contribution in [2.24, 2.45) is 5.10 Å². The Morgan fingerprint density at radius 3 is 2.41 bits per heavy atom. The van der Waals surface area contributed by atoms with Crippen LogP contribution in [0.3, 0.4) is 0 Å². The van der Waals surface area contributed by atoms with Crippen LogP contribution < -0.4 is 5.43 Å². The minimum absolute atomic E-state index is 0.103. The van der Waals surface area contributed by atoms with Gasteiger partial charge in [-0.2, -0.15) is 5.10 Å². The first-order valence-electron chi connectivity index (χ1n) is 7.37. The molecule has 0 radical (unpaired) electrons. The molecule has 0 aliphatic carbocycles. The summed E-state index contributed by atoms with van der Waals surface area (Å²) in [4.78, 5) is 11.9. The number of nitrogens with one attached hydrogen (secondary N) is 1. The zero-order chi connectivity index (χ0) is 15.8. The Balaban J connectivity index is 1.91. The summed E-state index contributed by atoms with van der Waals surface area (Å²) in [6.45, 7) is 1.97. The number of benzene rings is 2. The first-order valence-corrected chi connectivity index (χ1v) is 7.37. The first kappa shape index (κ1) is 15.8. The summed E-state index contributed by atoms with van der Waals surface area (Å²) in [6, 6.07) is 16.7. The van der Waals surface area contributed by atoms with E-state index in [0.29, 0.717) is 19.3 Å². The number of phenols is 1. The number of aromatic hydroxyl groups is 1. The van der Waals surface area contributed by atoms with Crippen LogP contribution in [0.5, 0.6) is 5.75 Å². The van der Waals surface area contributed by atoms with E-state index in [2.05, 4.69) is 10.5 Å². The van der Waals surface area contributed by atoms with Crippen LogP contribution in [0.4, 0.5) is 0 Å². The van der Waals surface area contributed by atoms with E-state index in [1.807, 2.05) is 37.3 Å². The molecule has 0 atom stereocenters. The summed E-state index contributed by atoms with van der Waals surface area (Å²) in [5.41, 5.74) is 5.42. The van der Waals surface area contributed by atoms with Crippen molar-refractivity contribution in [3.8, 4) is 5.75 Å². The smallest absolute Gasteiger partial charge is 0.240 e. The lowest BCUT2D eigenvalue weighted by molar-refractivity contribution is -0.121. The molecule has 4 nitrogen and oxygen atoms in total. The van der Waals surface area contributed by atoms with Gasteiger partial charge in [0.25, 0.3) is 0 Å². The molecule has 0 aliphatic rings. The third-order valence-electron chi connectivity index (χ3n) is 3.33. The van der Waals surface area contributed by atoms with Gasteiger partial charge in [-0.1, -0.05) is 37.3 Å². The number of hydrogen-bond acceptors (Lipinski definition) is 3. The van der Waals surface area contributed by atoms with Gasteiger partial charge in [0.15, 0.2) is 0 Å². The molecule has 2 aromatic rings. The summed E-state index contributed by atoms with van der Waals surface area (Å²) in [7, 11) is 0. The van der Waals surface area contributed by atoms with Crippen LogP contribution >= 0.6 is 0 Å². The summed E-state index contributed by atoms with van der Waals surface area (Å²) in [6.07, 6.45) is 1.80. The van der Waals surface area contributed by atoms with Crippen LogP contribution in [0.25, 0.3) is 0 Å². The molecule has 0 fully saturated rings. The van der Waals surface area contributed by atoms with E-state index in [1.54, 1.807) is 24.3 Å². The number of carbonyl (C=O) groups excluding carboxylic acids is 1. The molecule has 114 valence electrons. The lowest BCUT2D eigenvalue weighted by atomic mass is 10.1. The van der Waals surface area contributed by atoms with Crippen molar-refractivity contribution in [2.45, 2.75) is 26.2 Å². The van der Waals surface area contributed by atoms with Crippen molar-refractivity contribution < 1.29 is 9.90 Å². The van der Waals surface area contributed by atoms with Crippen molar-refractivity contribution in [1.29, 1.82) is 0 Å². The minimum Gasteiger partial charge on any atom is -0.508 e. The van der Waals surface area contributed by atoms with E-state index in [1.165, 1.54) is 0 Å². The minimum atomic E-state index is -0.103. The number of rotatable bonds is 6. The number of hydrazone groups is 1. The van der Waals surface area contributed by atoms with Crippen molar-refractivity contribution in [3.05, 3.63) is 65.7 Å². The lowest BCUT2D eigenvalue weighted by Gasteiger charge is -2.06. The van der Waals surface area contributed by atoms with Crippen molar-refractivity contribution in [2.75, 3.05) is 0 Å². The van der Waals surface area contributed by atoms with Crippen LogP contribution in [-0.4, -0.2) is 16.7 Å². The van der Waals surface area contributed by atoms with Gasteiger partial charge in [0, 0.05) is 6.42 Å². The molecule has 0 saturated carbocycles. The quantitative estimate of drug-likeness (QED) is 0.635. The Bertz CT molecular complexity index is 634. The van der Waals surface area contributed by atoms with Crippen LogP contribution in [0.2, 0.25) is 0 Å². The Kier molecular flexibility index (Phi) is 5.72. The normalized spacial score (nSPS) is 11.2. The summed E-state index contributed by atoms with van der Waals surface area (Å²) < 4.78 is 0. The molecular weight excluding hydrogens is 276 g/mol. The SMILES string of the molecule is CC/C(=N/NC(=O)CCc1ccccc1)c1ccc(O)cc1. The van der Waals surface area contributed by atoms with Gasteiger partial charge in [0.2, 0.25) is 5.91 Å². The number of carbonyl (C=O) groups is 1. The van der Waals surface area contributed by atoms with E-state index < -0.39 is 0 Å². The molecule has 2 aromatic carbocycles. The molecule has 2 N–H and O–H groups in total. The number of phenolic OH excluding ortho intramolecular Hbond substituents is 1. The molecule has 0 bridgehead atoms. The molecule has 4 heteroatoms. The highest BCUT2D eigenvalue weighted by atomic mass is 16.3. The third kappa shape index (κ3) is 4.74. The molecule has 0 spiro atoms. The van der Waals surface area contributed by atoms with Crippen LogP contribution in [-0.2, 0) is 11.2 Å². The Morgan fingerprint density at radius 1 is 1.09 bits per heavy atom. The Labute approximate surface area is 130 Å². The van der Waals surface area contributed by atoms with E-state index in [0.717, 1.165) is 16.8 Å². The van der Waals surface area contributed by atoms with Crippen molar-refractivity contribution in [3.63, 3.8) is 0 Å². The van der Waals surface area contributed by atoms with Gasteiger partial charge < -0.3 is 5.11 Å². The largest absolute Gasteiger partial charge is 0.508 e. The van der Waals surface area contributed by atoms with Crippen molar-refractivity contribution in [1.82, 2.24) is 5.43 Å². The second-order valence-electron chi connectivity index (χ2n) is 4.98. The molecule has 0 aliphatic heterocycles. The van der Waals surface area contributed by atoms with Gasteiger partial charge in [-0.05, 0) is 48.2 Å². The fraction of sp³-hybridized carbons (Fsp3) is 0.222. The van der Waals surface area contributed by atoms with Crippen molar-refractivity contribution >= 4 is 11.6 Å². The van der Waals surface area contributed by atoms with Gasteiger partial charge >= 0.3 is 0 Å². The molecule has 0 unspecified atom stereocenters. The molecule has 2 rings (SSSR count). The molecule has 0 heterocycles. The topological polar surface area (TPSA) is 61.7 Å². The van der Waals surface area contributed by atoms with E-state index >= 15 is 0 Å². The first-order chi connectivity index (χ1) is 10.7. The summed E-state index contributed by atoms with van der Waals surface area (Å²) >= 11 is 0. The van der Waals surface area contributed by atoms with Gasteiger partial charge in [-0.15, -0.1) is 0 Å². The zero-order valence-corrected chi connectivity index (χ0v) is 12.6. The molecule has 1 amide bonds. The fourth-order valence-corrected chi connectivity index (χ4v) is 2.09. The zero-order valence-electron chi connectivity index (χ0n) is 12.6. The Hall–Kier alpha value is -2.62. The predicted octanol–water partition coefficient (Wildman–Crippen LogP) is 3.26. The number of hydrogen-bond donors (Lipinski definition) is 2. The average Bonchev–Trinajstić information content (AvgIpc) is 2.56. The summed E-state index contributed by atoms with van der Waals surface area (Å²) in [5, 5.41) is 13.5. The van der Waals surface area contributed by atoms with Gasteiger partial charge in [0.1, 0.15) is 5.75 Å². The van der Waals surface area contributed by atoms with E-state index in [-0.39, 0.29) is 11.7 Å². The van der Waals surface area contributed by atoms with Crippen LogP contribution in [0.1, 0.15) is 30.9 Å². The second kappa shape index (κ2) is 7.98. The predicted molar refractivity (Wildman–Crippen MR) is 87.8 cm³/mol. The highest BCUT2D eigenvalue weighted by molar-refractivity contribution is 6.00. The lowest BCUT2D eigenvalue weighted by Crippen LogP contribution is -2.20. The van der Waals surface area contributed by atoms with Gasteiger partial charge in [0.05, 0.1) is 5.71 Å². The maximum atomic E-state index is 11.9. The van der Waals surface area contributed by atoms with Crippen LogP contribution in [0.15, 0.2) is 59.7 Å². The van der Waals surface area contributed by atoms with Gasteiger partial charge in [-0.25, -0.2) is 5.43 Å². The number of aryl methyl sites for hydroxylation is 1. The number of nitrogens with zero attached hydrogens (tertiary/aromatic N) is 1. The molecule has 22 heavy (non-hydrogen) atoms. The van der Waals surface area contributed by atoms with Crippen LogP contribution in [0, 0.1) is 0 Å². The molecular formula is C18H20N2O2. The second-order valence-corrected chi connectivity index (χ2v) is 4.98. The average molecular weight is 296 g/mol. The summed E-state index contributed by atoms with van der Waals surface area (Å²) in [5.74, 6) is 0.111. The number of amides is 1. The van der Waals surface area contributed by atoms with Gasteiger partial charge in [-0.3, -0.25) is 4.79 Å². The van der Waals surface area contributed by atoms with E-state index in [4.69, 9.17) is 0 Å².